The lowest BCUT2D eigenvalue weighted by Gasteiger charge is -2.06. The Hall–Kier alpha value is -1.76. The van der Waals surface area contributed by atoms with Crippen LogP contribution in [-0.4, -0.2) is 33.1 Å². The molecule has 6 nitrogen and oxygen atoms in total. The van der Waals surface area contributed by atoms with Crippen LogP contribution in [0.1, 0.15) is 13.3 Å². The summed E-state index contributed by atoms with van der Waals surface area (Å²) in [7, 11) is 1.81. The fraction of sp³-hybridized carbons (Fsp3) is 0.417. The van der Waals surface area contributed by atoms with E-state index in [4.69, 9.17) is 4.74 Å². The number of thioether (sulfide) groups is 1. The Kier molecular flexibility index (Phi) is 4.62. The quantitative estimate of drug-likeness (QED) is 0.648. The van der Waals surface area contributed by atoms with Gasteiger partial charge in [-0.25, -0.2) is 4.98 Å². The minimum atomic E-state index is 0.514. The second-order valence-electron chi connectivity index (χ2n) is 3.87. The van der Waals surface area contributed by atoms with Crippen molar-refractivity contribution >= 4 is 17.6 Å². The van der Waals surface area contributed by atoms with E-state index in [1.54, 1.807) is 12.3 Å². The molecule has 2 aromatic rings. The molecule has 0 aliphatic carbocycles. The molecule has 2 heterocycles. The molecule has 0 saturated heterocycles. The van der Waals surface area contributed by atoms with Gasteiger partial charge in [0.1, 0.15) is 5.82 Å². The zero-order chi connectivity index (χ0) is 13.7. The van der Waals surface area contributed by atoms with Gasteiger partial charge in [0.2, 0.25) is 5.88 Å². The van der Waals surface area contributed by atoms with E-state index in [0.29, 0.717) is 16.8 Å². The molecule has 1 N–H and O–H groups in total. The average Bonchev–Trinajstić information content (AvgIpc) is 2.86. The monoisotopic (exact) mass is 279 g/mol. The van der Waals surface area contributed by atoms with Crippen molar-refractivity contribution in [1.29, 1.82) is 0 Å². The van der Waals surface area contributed by atoms with Crippen LogP contribution in [0.3, 0.4) is 0 Å². The summed E-state index contributed by atoms with van der Waals surface area (Å²) < 4.78 is 7.55. The fourth-order valence-electron chi connectivity index (χ4n) is 1.54. The number of aryl methyl sites for hydroxylation is 1. The summed E-state index contributed by atoms with van der Waals surface area (Å²) in [5.41, 5.74) is 0. The smallest absolute Gasteiger partial charge is 0.225 e. The van der Waals surface area contributed by atoms with Gasteiger partial charge >= 0.3 is 0 Å². The lowest BCUT2D eigenvalue weighted by molar-refractivity contribution is 0.454. The number of anilines is 1. The van der Waals surface area contributed by atoms with Gasteiger partial charge in [-0.1, -0.05) is 18.7 Å². The molecular weight excluding hydrogens is 262 g/mol. The first-order chi connectivity index (χ1) is 9.25. The van der Waals surface area contributed by atoms with Crippen LogP contribution < -0.4 is 10.1 Å². The second kappa shape index (κ2) is 6.42. The molecular formula is C12H17N5OS. The molecule has 7 heteroatoms. The molecule has 0 aromatic carbocycles. The van der Waals surface area contributed by atoms with Crippen molar-refractivity contribution in [2.24, 2.45) is 0 Å². The van der Waals surface area contributed by atoms with E-state index in [0.717, 1.165) is 18.8 Å². The van der Waals surface area contributed by atoms with Crippen LogP contribution in [0.15, 0.2) is 23.6 Å². The van der Waals surface area contributed by atoms with Gasteiger partial charge in [-0.15, -0.1) is 0 Å². The van der Waals surface area contributed by atoms with E-state index in [1.807, 2.05) is 24.2 Å². The minimum Gasteiger partial charge on any atom is -0.435 e. The lowest BCUT2D eigenvalue weighted by atomic mass is 10.5. The van der Waals surface area contributed by atoms with E-state index in [9.17, 15) is 0 Å². The van der Waals surface area contributed by atoms with Crippen LogP contribution in [0.2, 0.25) is 0 Å². The summed E-state index contributed by atoms with van der Waals surface area (Å²) in [4.78, 5) is 8.59. The molecule has 0 saturated carbocycles. The predicted octanol–water partition coefficient (Wildman–Crippen LogP) is 2.64. The molecule has 0 aliphatic rings. The molecule has 0 bridgehead atoms. The predicted molar refractivity (Wildman–Crippen MR) is 76.0 cm³/mol. The van der Waals surface area contributed by atoms with Gasteiger partial charge in [0, 0.05) is 19.7 Å². The molecule has 0 unspecified atom stereocenters. The largest absolute Gasteiger partial charge is 0.435 e. The van der Waals surface area contributed by atoms with Crippen molar-refractivity contribution in [3.05, 3.63) is 18.5 Å². The molecule has 0 spiro atoms. The van der Waals surface area contributed by atoms with Gasteiger partial charge in [-0.3, -0.25) is 4.68 Å². The maximum absolute atomic E-state index is 5.70. The lowest BCUT2D eigenvalue weighted by Crippen LogP contribution is -1.98. The highest BCUT2D eigenvalue weighted by atomic mass is 32.2. The number of nitrogens with zero attached hydrogens (tertiary/aromatic N) is 4. The third kappa shape index (κ3) is 3.60. The summed E-state index contributed by atoms with van der Waals surface area (Å²) in [6.07, 6.45) is 6.52. The van der Waals surface area contributed by atoms with E-state index in [2.05, 4.69) is 27.3 Å². The van der Waals surface area contributed by atoms with E-state index < -0.39 is 0 Å². The average molecular weight is 279 g/mol. The number of hydrogen-bond acceptors (Lipinski definition) is 6. The number of nitrogens with one attached hydrogen (secondary N) is 1. The summed E-state index contributed by atoms with van der Waals surface area (Å²) in [5.74, 6) is 1.93. The number of rotatable bonds is 6. The molecule has 0 aliphatic heterocycles. The maximum atomic E-state index is 5.70. The van der Waals surface area contributed by atoms with Crippen molar-refractivity contribution in [1.82, 2.24) is 19.7 Å². The molecule has 19 heavy (non-hydrogen) atoms. The fourth-order valence-corrected chi connectivity index (χ4v) is 1.92. The van der Waals surface area contributed by atoms with Crippen LogP contribution in [0.25, 0.3) is 0 Å². The molecule has 0 amide bonds. The number of ether oxygens (including phenoxy) is 1. The molecule has 2 rings (SSSR count). The molecule has 2 aromatic heterocycles. The van der Waals surface area contributed by atoms with Gasteiger partial charge in [-0.05, 0) is 12.7 Å². The Balaban J connectivity index is 2.16. The summed E-state index contributed by atoms with van der Waals surface area (Å²) in [5, 5.41) is 7.87. The first-order valence-corrected chi connectivity index (χ1v) is 7.28. The molecule has 0 atom stereocenters. The Morgan fingerprint density at radius 2 is 2.26 bits per heavy atom. The SMILES string of the molecule is CCCn1cc(Oc2cc(NC)nc(SC)n2)cn1. The highest BCUT2D eigenvalue weighted by Gasteiger charge is 2.06. The summed E-state index contributed by atoms with van der Waals surface area (Å²) >= 11 is 1.47. The van der Waals surface area contributed by atoms with Gasteiger partial charge in [0.05, 0.1) is 12.4 Å². The molecule has 0 radical (unpaired) electrons. The van der Waals surface area contributed by atoms with Crippen molar-refractivity contribution in [3.63, 3.8) is 0 Å². The Morgan fingerprint density at radius 3 is 2.95 bits per heavy atom. The van der Waals surface area contributed by atoms with E-state index in [-0.39, 0.29) is 0 Å². The van der Waals surface area contributed by atoms with Gasteiger partial charge in [0.25, 0.3) is 0 Å². The zero-order valence-corrected chi connectivity index (χ0v) is 12.1. The van der Waals surface area contributed by atoms with Gasteiger partial charge in [0.15, 0.2) is 10.9 Å². The standard InChI is InChI=1S/C12H17N5OS/c1-4-5-17-8-9(7-14-17)18-11-6-10(13-2)15-12(16-11)19-3/h6-8H,4-5H2,1-3H3,(H,13,15,16). The Labute approximate surface area is 116 Å². The van der Waals surface area contributed by atoms with Gasteiger partial charge < -0.3 is 10.1 Å². The van der Waals surface area contributed by atoms with Crippen LogP contribution in [0, 0.1) is 0 Å². The van der Waals surface area contributed by atoms with E-state index >= 15 is 0 Å². The number of aromatic nitrogens is 4. The highest BCUT2D eigenvalue weighted by molar-refractivity contribution is 7.98. The van der Waals surface area contributed by atoms with Crippen molar-refractivity contribution in [2.75, 3.05) is 18.6 Å². The topological polar surface area (TPSA) is 64.9 Å². The maximum Gasteiger partial charge on any atom is 0.225 e. The third-order valence-electron chi connectivity index (χ3n) is 2.41. The molecule has 102 valence electrons. The summed E-state index contributed by atoms with van der Waals surface area (Å²) in [6, 6.07) is 1.76. The Morgan fingerprint density at radius 1 is 1.42 bits per heavy atom. The third-order valence-corrected chi connectivity index (χ3v) is 2.95. The second-order valence-corrected chi connectivity index (χ2v) is 4.64. The van der Waals surface area contributed by atoms with Crippen molar-refractivity contribution in [2.45, 2.75) is 25.0 Å². The normalized spacial score (nSPS) is 10.5. The summed E-state index contributed by atoms with van der Waals surface area (Å²) in [6.45, 7) is 2.99. The minimum absolute atomic E-state index is 0.514. The van der Waals surface area contributed by atoms with Crippen LogP contribution in [0.4, 0.5) is 5.82 Å². The van der Waals surface area contributed by atoms with Crippen LogP contribution in [-0.2, 0) is 6.54 Å². The first kappa shape index (κ1) is 13.7. The van der Waals surface area contributed by atoms with Gasteiger partial charge in [-0.2, -0.15) is 10.1 Å². The Bertz CT molecular complexity index is 520. The highest BCUT2D eigenvalue weighted by Crippen LogP contribution is 2.23. The van der Waals surface area contributed by atoms with Crippen LogP contribution >= 0.6 is 11.8 Å². The van der Waals surface area contributed by atoms with Crippen LogP contribution in [0.5, 0.6) is 11.6 Å². The zero-order valence-electron chi connectivity index (χ0n) is 11.3. The number of hydrogen-bond donors (Lipinski definition) is 1. The van der Waals surface area contributed by atoms with E-state index in [1.165, 1.54) is 11.8 Å². The van der Waals surface area contributed by atoms with Crippen molar-refractivity contribution < 1.29 is 4.74 Å². The first-order valence-electron chi connectivity index (χ1n) is 6.06. The van der Waals surface area contributed by atoms with Crippen molar-refractivity contribution in [3.8, 4) is 11.6 Å². The molecule has 0 fully saturated rings.